The van der Waals surface area contributed by atoms with E-state index in [2.05, 4.69) is 52.8 Å². The Morgan fingerprint density at radius 3 is 2.40 bits per heavy atom. The van der Waals surface area contributed by atoms with E-state index in [1.807, 2.05) is 19.1 Å². The van der Waals surface area contributed by atoms with Gasteiger partial charge in [0.15, 0.2) is 5.96 Å². The molecule has 0 fully saturated rings. The lowest BCUT2D eigenvalue weighted by Crippen LogP contribution is -2.22. The van der Waals surface area contributed by atoms with Gasteiger partial charge >= 0.3 is 0 Å². The Balaban J connectivity index is 2.26. The maximum Gasteiger partial charge on any atom is 0.193 e. The summed E-state index contributed by atoms with van der Waals surface area (Å²) in [6.45, 7) is 2.64. The quantitative estimate of drug-likeness (QED) is 0.420. The topological polar surface area (TPSA) is 50.4 Å². The summed E-state index contributed by atoms with van der Waals surface area (Å²) in [5.74, 6) is 0.452. The summed E-state index contributed by atoms with van der Waals surface area (Å²) in [7, 11) is 0. The normalized spacial score (nSPS) is 11.9. The van der Waals surface area contributed by atoms with Crippen LogP contribution in [0.15, 0.2) is 59.6 Å². The molecule has 0 saturated carbocycles. The molecule has 20 heavy (non-hydrogen) atoms. The van der Waals surface area contributed by atoms with E-state index in [4.69, 9.17) is 5.73 Å². The van der Waals surface area contributed by atoms with Crippen LogP contribution in [0.5, 0.6) is 0 Å². The second-order valence-electron chi connectivity index (χ2n) is 4.68. The molecule has 3 nitrogen and oxygen atoms in total. The predicted octanol–water partition coefficient (Wildman–Crippen LogP) is 3.74. The highest BCUT2D eigenvalue weighted by molar-refractivity contribution is 6.15. The average Bonchev–Trinajstić information content (AvgIpc) is 2.48. The molecule has 100 valence electrons. The monoisotopic (exact) mass is 263 g/mol. The van der Waals surface area contributed by atoms with Crippen LogP contribution in [0, 0.1) is 0 Å². The summed E-state index contributed by atoms with van der Waals surface area (Å²) in [6, 6.07) is 18.8. The Kier molecular flexibility index (Phi) is 3.25. The molecule has 3 aromatic rings. The standard InChI is InChI=1S/C17H17N3/c1-2-19-17(18)20-16-11-12-7-3-4-8-13(12)14-9-5-6-10-15(14)16/h3-11H,2H2,1H3,(H3,18,19,20). The zero-order valence-corrected chi connectivity index (χ0v) is 11.4. The summed E-state index contributed by atoms with van der Waals surface area (Å²) in [6.07, 6.45) is 0. The molecule has 0 aliphatic rings. The van der Waals surface area contributed by atoms with Crippen LogP contribution in [-0.4, -0.2) is 12.5 Å². The van der Waals surface area contributed by atoms with Crippen LogP contribution in [-0.2, 0) is 0 Å². The Morgan fingerprint density at radius 2 is 1.65 bits per heavy atom. The van der Waals surface area contributed by atoms with Crippen molar-refractivity contribution in [2.45, 2.75) is 6.92 Å². The number of nitrogens with one attached hydrogen (secondary N) is 1. The maximum absolute atomic E-state index is 5.89. The van der Waals surface area contributed by atoms with Gasteiger partial charge in [0, 0.05) is 17.6 Å². The Morgan fingerprint density at radius 1 is 1.00 bits per heavy atom. The number of fused-ring (bicyclic) bond motifs is 3. The first-order valence-corrected chi connectivity index (χ1v) is 6.77. The molecule has 0 amide bonds. The third-order valence-electron chi connectivity index (χ3n) is 3.36. The Labute approximate surface area is 118 Å². The summed E-state index contributed by atoms with van der Waals surface area (Å²) >= 11 is 0. The smallest absolute Gasteiger partial charge is 0.193 e. The summed E-state index contributed by atoms with van der Waals surface area (Å²) in [5.41, 5.74) is 6.88. The molecule has 0 aliphatic carbocycles. The molecule has 0 aliphatic heterocycles. The van der Waals surface area contributed by atoms with E-state index in [9.17, 15) is 0 Å². The van der Waals surface area contributed by atoms with Crippen LogP contribution < -0.4 is 11.1 Å². The van der Waals surface area contributed by atoms with Crippen molar-refractivity contribution in [3.63, 3.8) is 0 Å². The largest absolute Gasteiger partial charge is 0.370 e. The van der Waals surface area contributed by atoms with Gasteiger partial charge in [0.25, 0.3) is 0 Å². The molecule has 0 aromatic heterocycles. The minimum atomic E-state index is 0.452. The van der Waals surface area contributed by atoms with Gasteiger partial charge in [0.2, 0.25) is 0 Å². The third kappa shape index (κ3) is 2.18. The van der Waals surface area contributed by atoms with Gasteiger partial charge in [-0.1, -0.05) is 48.5 Å². The lowest BCUT2D eigenvalue weighted by atomic mass is 10.0. The molecule has 3 heteroatoms. The molecule has 3 aromatic carbocycles. The zero-order valence-electron chi connectivity index (χ0n) is 11.4. The highest BCUT2D eigenvalue weighted by Crippen LogP contribution is 2.31. The first-order valence-electron chi connectivity index (χ1n) is 6.77. The van der Waals surface area contributed by atoms with E-state index >= 15 is 0 Å². The summed E-state index contributed by atoms with van der Waals surface area (Å²) in [4.78, 5) is 4.19. The fourth-order valence-corrected chi connectivity index (χ4v) is 2.51. The molecular weight excluding hydrogens is 246 g/mol. The third-order valence-corrected chi connectivity index (χ3v) is 3.36. The van der Waals surface area contributed by atoms with Gasteiger partial charge in [-0.2, -0.15) is 0 Å². The van der Waals surface area contributed by atoms with Crippen molar-refractivity contribution in [3.05, 3.63) is 54.6 Å². The highest BCUT2D eigenvalue weighted by atomic mass is 15.1. The Bertz CT molecular complexity index is 790. The Hall–Kier alpha value is -2.55. The SMILES string of the molecule is CCN=C(N)Nc1cc2ccccc2c2ccccc12. The second kappa shape index (κ2) is 5.21. The van der Waals surface area contributed by atoms with E-state index in [-0.39, 0.29) is 0 Å². The maximum atomic E-state index is 5.89. The van der Waals surface area contributed by atoms with Crippen molar-refractivity contribution in [1.29, 1.82) is 0 Å². The van der Waals surface area contributed by atoms with Crippen LogP contribution in [0.4, 0.5) is 5.69 Å². The second-order valence-corrected chi connectivity index (χ2v) is 4.68. The number of aliphatic imine (C=N–C) groups is 1. The fourth-order valence-electron chi connectivity index (χ4n) is 2.51. The molecule has 0 atom stereocenters. The van der Waals surface area contributed by atoms with E-state index < -0.39 is 0 Å². The molecule has 0 spiro atoms. The number of rotatable bonds is 2. The van der Waals surface area contributed by atoms with Gasteiger partial charge in [-0.15, -0.1) is 0 Å². The molecule has 3 rings (SSSR count). The number of benzene rings is 3. The first kappa shape index (κ1) is 12.5. The van der Waals surface area contributed by atoms with Crippen LogP contribution in [0.25, 0.3) is 21.5 Å². The van der Waals surface area contributed by atoms with E-state index in [1.54, 1.807) is 0 Å². The van der Waals surface area contributed by atoms with E-state index in [1.165, 1.54) is 16.2 Å². The van der Waals surface area contributed by atoms with Crippen molar-refractivity contribution in [2.75, 3.05) is 11.9 Å². The minimum absolute atomic E-state index is 0.452. The number of hydrogen-bond acceptors (Lipinski definition) is 1. The molecule has 0 bridgehead atoms. The number of guanidine groups is 1. The summed E-state index contributed by atoms with van der Waals surface area (Å²) in [5, 5.41) is 8.02. The number of hydrogen-bond donors (Lipinski definition) is 2. The lowest BCUT2D eigenvalue weighted by Gasteiger charge is -2.12. The van der Waals surface area contributed by atoms with Crippen molar-refractivity contribution in [1.82, 2.24) is 0 Å². The molecule has 0 saturated heterocycles. The number of nitrogens with zero attached hydrogens (tertiary/aromatic N) is 1. The van der Waals surface area contributed by atoms with Crippen LogP contribution in [0.1, 0.15) is 6.92 Å². The van der Waals surface area contributed by atoms with Crippen LogP contribution in [0.2, 0.25) is 0 Å². The van der Waals surface area contributed by atoms with Crippen molar-refractivity contribution in [3.8, 4) is 0 Å². The molecule has 3 N–H and O–H groups in total. The highest BCUT2D eigenvalue weighted by Gasteiger charge is 2.06. The number of nitrogens with two attached hydrogens (primary N) is 1. The molecule has 0 unspecified atom stereocenters. The minimum Gasteiger partial charge on any atom is -0.370 e. The van der Waals surface area contributed by atoms with Gasteiger partial charge in [-0.05, 0) is 29.1 Å². The van der Waals surface area contributed by atoms with Crippen molar-refractivity contribution in [2.24, 2.45) is 10.7 Å². The van der Waals surface area contributed by atoms with Crippen molar-refractivity contribution < 1.29 is 0 Å². The molecular formula is C17H17N3. The van der Waals surface area contributed by atoms with Gasteiger partial charge in [-0.3, -0.25) is 4.99 Å². The van der Waals surface area contributed by atoms with E-state index in [0.717, 1.165) is 11.1 Å². The lowest BCUT2D eigenvalue weighted by molar-refractivity contribution is 1.12. The van der Waals surface area contributed by atoms with Gasteiger partial charge in [0.1, 0.15) is 0 Å². The fraction of sp³-hybridized carbons (Fsp3) is 0.118. The molecule has 0 heterocycles. The van der Waals surface area contributed by atoms with Gasteiger partial charge in [-0.25, -0.2) is 0 Å². The van der Waals surface area contributed by atoms with Crippen LogP contribution >= 0.6 is 0 Å². The van der Waals surface area contributed by atoms with Gasteiger partial charge in [0.05, 0.1) is 0 Å². The average molecular weight is 263 g/mol. The number of anilines is 1. The predicted molar refractivity (Wildman–Crippen MR) is 87.2 cm³/mol. The van der Waals surface area contributed by atoms with Gasteiger partial charge < -0.3 is 11.1 Å². The summed E-state index contributed by atoms with van der Waals surface area (Å²) < 4.78 is 0. The van der Waals surface area contributed by atoms with Crippen molar-refractivity contribution >= 4 is 33.2 Å². The van der Waals surface area contributed by atoms with E-state index in [0.29, 0.717) is 12.5 Å². The zero-order chi connectivity index (χ0) is 13.9. The van der Waals surface area contributed by atoms with Crippen LogP contribution in [0.3, 0.4) is 0 Å². The molecule has 0 radical (unpaired) electrons. The first-order chi connectivity index (χ1) is 9.79.